The molecule has 0 fully saturated rings. The monoisotopic (exact) mass is 553 g/mol. The number of hydrogen-bond acceptors (Lipinski definition) is 9. The lowest BCUT2D eigenvalue weighted by Gasteiger charge is -2.24. The van der Waals surface area contributed by atoms with Crippen molar-refractivity contribution in [1.82, 2.24) is 25.9 Å². The Morgan fingerprint density at radius 1 is 0.923 bits per heavy atom. The number of primary amides is 1. The summed E-state index contributed by atoms with van der Waals surface area (Å²) in [6.07, 6.45) is 3.81. The Morgan fingerprint density at radius 2 is 1.54 bits per heavy atom. The number of hydrogen-bond donors (Lipinski definition) is 10. The minimum absolute atomic E-state index is 0.0485. The van der Waals surface area contributed by atoms with Crippen molar-refractivity contribution in [3.05, 3.63) is 18.2 Å². The number of amides is 4. The van der Waals surface area contributed by atoms with E-state index < -0.39 is 60.2 Å². The molecule has 17 heteroatoms. The van der Waals surface area contributed by atoms with Crippen LogP contribution in [0.25, 0.3) is 0 Å². The number of nitrogens with zero attached hydrogens (tertiary/aromatic N) is 2. The van der Waals surface area contributed by atoms with Gasteiger partial charge in [0.25, 0.3) is 0 Å². The van der Waals surface area contributed by atoms with Crippen LogP contribution in [0.5, 0.6) is 0 Å². The van der Waals surface area contributed by atoms with Gasteiger partial charge in [0.1, 0.15) is 18.1 Å². The summed E-state index contributed by atoms with van der Waals surface area (Å²) < 4.78 is 0. The number of unbranched alkanes of at least 4 members (excludes halogenated alkanes) is 1. The molecule has 17 nitrogen and oxygen atoms in total. The molecule has 39 heavy (non-hydrogen) atoms. The van der Waals surface area contributed by atoms with Crippen molar-refractivity contribution < 1.29 is 29.1 Å². The predicted octanol–water partition coefficient (Wildman–Crippen LogP) is -4.12. The number of guanidine groups is 1. The van der Waals surface area contributed by atoms with Gasteiger partial charge in [-0.2, -0.15) is 0 Å². The summed E-state index contributed by atoms with van der Waals surface area (Å²) in [5, 5.41) is 16.7. The molecule has 1 aromatic heterocycles. The Labute approximate surface area is 225 Å². The molecule has 0 aliphatic rings. The minimum atomic E-state index is -1.50. The second kappa shape index (κ2) is 17.3. The van der Waals surface area contributed by atoms with Crippen molar-refractivity contribution in [3.8, 4) is 0 Å². The first-order valence-electron chi connectivity index (χ1n) is 12.3. The topological polar surface area (TPSA) is 313 Å². The van der Waals surface area contributed by atoms with Crippen LogP contribution in [0.15, 0.2) is 17.5 Å². The van der Waals surface area contributed by atoms with Gasteiger partial charge in [0.2, 0.25) is 23.6 Å². The van der Waals surface area contributed by atoms with Crippen LogP contribution in [-0.4, -0.2) is 87.9 Å². The first kappa shape index (κ1) is 32.8. The molecule has 0 radical (unpaired) electrons. The second-order valence-electron chi connectivity index (χ2n) is 8.81. The predicted molar refractivity (Wildman–Crippen MR) is 140 cm³/mol. The van der Waals surface area contributed by atoms with Crippen molar-refractivity contribution >= 4 is 35.6 Å². The Balaban J connectivity index is 2.99. The van der Waals surface area contributed by atoms with E-state index in [2.05, 4.69) is 30.9 Å². The number of H-pyrrole nitrogens is 1. The molecular weight excluding hydrogens is 514 g/mol. The highest BCUT2D eigenvalue weighted by Crippen LogP contribution is 2.06. The lowest BCUT2D eigenvalue weighted by molar-refractivity contribution is -0.142. The number of aromatic nitrogens is 2. The van der Waals surface area contributed by atoms with Crippen molar-refractivity contribution in [1.29, 1.82) is 0 Å². The van der Waals surface area contributed by atoms with Gasteiger partial charge in [-0.05, 0) is 38.6 Å². The number of carbonyl (C=O) groups excluding carboxylic acids is 4. The maximum Gasteiger partial charge on any atom is 0.326 e. The molecule has 0 aromatic carbocycles. The number of rotatable bonds is 19. The largest absolute Gasteiger partial charge is 0.480 e. The number of aromatic amines is 1. The van der Waals surface area contributed by atoms with Crippen LogP contribution in [0.3, 0.4) is 0 Å². The van der Waals surface area contributed by atoms with Crippen LogP contribution >= 0.6 is 0 Å². The number of imidazole rings is 1. The molecule has 4 atom stereocenters. The van der Waals surface area contributed by atoms with E-state index in [1.54, 1.807) is 0 Å². The van der Waals surface area contributed by atoms with E-state index >= 15 is 0 Å². The summed E-state index contributed by atoms with van der Waals surface area (Å²) in [6.45, 7) is 0.499. The van der Waals surface area contributed by atoms with Crippen LogP contribution in [-0.2, 0) is 30.4 Å². The van der Waals surface area contributed by atoms with Gasteiger partial charge in [-0.1, -0.05) is 0 Å². The van der Waals surface area contributed by atoms with E-state index in [0.29, 0.717) is 25.1 Å². The Morgan fingerprint density at radius 3 is 2.10 bits per heavy atom. The molecule has 0 saturated heterocycles. The van der Waals surface area contributed by atoms with E-state index in [-0.39, 0.29) is 38.2 Å². The molecule has 0 aliphatic carbocycles. The lowest BCUT2D eigenvalue weighted by Crippen LogP contribution is -2.58. The average molecular weight is 554 g/mol. The van der Waals surface area contributed by atoms with Gasteiger partial charge in [0, 0.05) is 24.9 Å². The number of carboxylic acid groups (broad SMARTS) is 1. The summed E-state index contributed by atoms with van der Waals surface area (Å²) >= 11 is 0. The quantitative estimate of drug-likeness (QED) is 0.0445. The molecule has 0 saturated carbocycles. The summed E-state index contributed by atoms with van der Waals surface area (Å²) in [6, 6.07) is -5.00. The molecule has 4 amide bonds. The fourth-order valence-electron chi connectivity index (χ4n) is 3.48. The first-order chi connectivity index (χ1) is 18.4. The maximum atomic E-state index is 13.1. The number of carboxylic acids is 1. The highest BCUT2D eigenvalue weighted by atomic mass is 16.4. The van der Waals surface area contributed by atoms with E-state index in [0.717, 1.165) is 0 Å². The SMILES string of the molecule is NCCCCC(NC(=O)C(CC(N)=O)NC(=O)C(CCCN=C(N)N)NC(=O)C(N)Cc1cnc[nH]1)C(=O)O. The van der Waals surface area contributed by atoms with Crippen LogP contribution in [0.1, 0.15) is 44.2 Å². The molecular formula is C22H39N11O6. The van der Waals surface area contributed by atoms with E-state index in [9.17, 15) is 29.1 Å². The molecule has 1 rings (SSSR count). The number of aliphatic carboxylic acids is 1. The molecule has 0 bridgehead atoms. The van der Waals surface area contributed by atoms with Crippen molar-refractivity contribution in [3.63, 3.8) is 0 Å². The Bertz CT molecular complexity index is 981. The molecule has 1 heterocycles. The second-order valence-corrected chi connectivity index (χ2v) is 8.81. The number of nitrogens with two attached hydrogens (primary N) is 5. The third-order valence-electron chi connectivity index (χ3n) is 5.51. The zero-order valence-electron chi connectivity index (χ0n) is 21.6. The highest BCUT2D eigenvalue weighted by Gasteiger charge is 2.31. The highest BCUT2D eigenvalue weighted by molar-refractivity contribution is 5.96. The van der Waals surface area contributed by atoms with Gasteiger partial charge in [-0.15, -0.1) is 0 Å². The fraction of sp³-hybridized carbons (Fsp3) is 0.591. The van der Waals surface area contributed by atoms with Crippen LogP contribution < -0.4 is 44.6 Å². The van der Waals surface area contributed by atoms with Gasteiger partial charge in [-0.3, -0.25) is 24.2 Å². The van der Waals surface area contributed by atoms with Crippen LogP contribution in [0, 0.1) is 0 Å². The Kier molecular flexibility index (Phi) is 14.5. The van der Waals surface area contributed by atoms with Crippen molar-refractivity contribution in [2.75, 3.05) is 13.1 Å². The summed E-state index contributed by atoms with van der Waals surface area (Å²) in [4.78, 5) is 72.4. The standard InChI is InChI=1S/C22H39N11O6/c23-6-2-1-4-15(21(38)39)32-20(37)16(9-17(25)34)33-19(36)14(5-3-7-29-22(26)27)31-18(35)13(24)8-12-10-28-11-30-12/h10-11,13-16H,1-9,23-24H2,(H2,25,34)(H,28,30)(H,31,35)(H,32,37)(H,33,36)(H,38,39)(H4,26,27,29). The molecule has 0 aliphatic heterocycles. The fourth-order valence-corrected chi connectivity index (χ4v) is 3.48. The van der Waals surface area contributed by atoms with E-state index in [4.69, 9.17) is 28.7 Å². The zero-order chi connectivity index (χ0) is 29.4. The van der Waals surface area contributed by atoms with Crippen molar-refractivity contribution in [2.24, 2.45) is 33.7 Å². The Hall–Kier alpha value is -4.25. The van der Waals surface area contributed by atoms with Gasteiger partial charge in [0.05, 0.1) is 18.8 Å². The molecule has 1 aromatic rings. The summed E-state index contributed by atoms with van der Waals surface area (Å²) in [5.41, 5.74) is 27.9. The van der Waals surface area contributed by atoms with E-state index in [1.807, 2.05) is 0 Å². The maximum absolute atomic E-state index is 13.1. The summed E-state index contributed by atoms with van der Waals surface area (Å²) in [5.74, 6) is -4.77. The van der Waals surface area contributed by atoms with Gasteiger partial charge in [-0.25, -0.2) is 9.78 Å². The molecule has 218 valence electrons. The number of carbonyl (C=O) groups is 5. The van der Waals surface area contributed by atoms with Gasteiger partial charge < -0.3 is 54.7 Å². The number of nitrogens with one attached hydrogen (secondary N) is 4. The summed E-state index contributed by atoms with van der Waals surface area (Å²) in [7, 11) is 0. The smallest absolute Gasteiger partial charge is 0.326 e. The number of aliphatic imine (C=N–C) groups is 1. The van der Waals surface area contributed by atoms with Gasteiger partial charge >= 0.3 is 5.97 Å². The third kappa shape index (κ3) is 13.2. The average Bonchev–Trinajstić information content (AvgIpc) is 3.37. The molecule has 4 unspecified atom stereocenters. The van der Waals surface area contributed by atoms with E-state index in [1.165, 1.54) is 12.5 Å². The molecule has 0 spiro atoms. The van der Waals surface area contributed by atoms with Crippen LogP contribution in [0.2, 0.25) is 0 Å². The van der Waals surface area contributed by atoms with Crippen LogP contribution in [0.4, 0.5) is 0 Å². The molecule has 15 N–H and O–H groups in total. The zero-order valence-corrected chi connectivity index (χ0v) is 21.6. The first-order valence-corrected chi connectivity index (χ1v) is 12.3. The van der Waals surface area contributed by atoms with Gasteiger partial charge in [0.15, 0.2) is 5.96 Å². The normalized spacial score (nSPS) is 13.8. The minimum Gasteiger partial charge on any atom is -0.480 e. The van der Waals surface area contributed by atoms with Crippen molar-refractivity contribution in [2.45, 2.75) is 69.1 Å². The third-order valence-corrected chi connectivity index (χ3v) is 5.51. The lowest BCUT2D eigenvalue weighted by atomic mass is 10.1.